The maximum absolute atomic E-state index is 9.92. The van der Waals surface area contributed by atoms with Crippen LogP contribution in [0.15, 0.2) is 4.36 Å². The van der Waals surface area contributed by atoms with E-state index in [4.69, 9.17) is 0 Å². The summed E-state index contributed by atoms with van der Waals surface area (Å²) >= 11 is 3.99. The fourth-order valence-corrected chi connectivity index (χ4v) is 0.203. The molecular formula is C3H5NO2S. The van der Waals surface area contributed by atoms with Gasteiger partial charge >= 0.3 is 6.09 Å². The van der Waals surface area contributed by atoms with Crippen molar-refractivity contribution in [3.8, 4) is 0 Å². The Morgan fingerprint density at radius 2 is 2.57 bits per heavy atom. The fourth-order valence-electron chi connectivity index (χ4n) is 0.150. The van der Waals surface area contributed by atoms with Crippen LogP contribution in [0.5, 0.6) is 0 Å². The molecule has 0 spiro atoms. The van der Waals surface area contributed by atoms with E-state index in [-0.39, 0.29) is 0 Å². The second kappa shape index (κ2) is 3.67. The van der Waals surface area contributed by atoms with Crippen LogP contribution in [-0.4, -0.2) is 12.7 Å². The molecule has 0 atom stereocenters. The minimum absolute atomic E-state index is 0.332. The number of amides is 1. The van der Waals surface area contributed by atoms with Crippen molar-refractivity contribution in [1.29, 1.82) is 0 Å². The van der Waals surface area contributed by atoms with Gasteiger partial charge < -0.3 is 4.74 Å². The molecule has 7 heavy (non-hydrogen) atoms. The Hall–Kier alpha value is -0.510. The number of hydrogen-bond donors (Lipinski definition) is 0. The summed E-state index contributed by atoms with van der Waals surface area (Å²) in [4.78, 5) is 9.92. The maximum Gasteiger partial charge on any atom is 0.445 e. The lowest BCUT2D eigenvalue weighted by Crippen LogP contribution is -1.94. The molecule has 4 heteroatoms. The first-order valence-electron chi connectivity index (χ1n) is 1.81. The van der Waals surface area contributed by atoms with Crippen LogP contribution >= 0.6 is 0 Å². The van der Waals surface area contributed by atoms with Gasteiger partial charge in [0.1, 0.15) is 0 Å². The summed E-state index contributed by atoms with van der Waals surface area (Å²) in [6.07, 6.45) is -0.683. The molecule has 0 heterocycles. The first kappa shape index (κ1) is 6.49. The summed E-state index contributed by atoms with van der Waals surface area (Å²) in [7, 11) is 0. The van der Waals surface area contributed by atoms with Crippen LogP contribution < -0.4 is 0 Å². The van der Waals surface area contributed by atoms with Gasteiger partial charge in [-0.2, -0.15) is 0 Å². The van der Waals surface area contributed by atoms with Gasteiger partial charge in [0.15, 0.2) is 0 Å². The lowest BCUT2D eigenvalue weighted by Gasteiger charge is -1.88. The van der Waals surface area contributed by atoms with Gasteiger partial charge in [0, 0.05) is 12.4 Å². The molecule has 40 valence electrons. The highest BCUT2D eigenvalue weighted by Gasteiger charge is 1.90. The van der Waals surface area contributed by atoms with Gasteiger partial charge in [-0.1, -0.05) is 0 Å². The van der Waals surface area contributed by atoms with E-state index < -0.39 is 6.09 Å². The molecule has 0 rings (SSSR count). The molecule has 1 amide bonds. The third kappa shape index (κ3) is 3.32. The summed E-state index contributed by atoms with van der Waals surface area (Å²) in [6, 6.07) is 0. The third-order valence-corrected chi connectivity index (χ3v) is 0.491. The van der Waals surface area contributed by atoms with Crippen molar-refractivity contribution in [2.45, 2.75) is 6.92 Å². The van der Waals surface area contributed by atoms with E-state index in [9.17, 15) is 4.79 Å². The van der Waals surface area contributed by atoms with Crippen molar-refractivity contribution in [2.75, 3.05) is 6.61 Å². The maximum atomic E-state index is 9.92. The zero-order valence-corrected chi connectivity index (χ0v) is 4.70. The number of rotatable bonds is 1. The summed E-state index contributed by atoms with van der Waals surface area (Å²) in [6.45, 7) is 2.03. The van der Waals surface area contributed by atoms with E-state index in [2.05, 4.69) is 21.5 Å². The molecule has 0 saturated heterocycles. The predicted octanol–water partition coefficient (Wildman–Crippen LogP) is 0.873. The highest BCUT2D eigenvalue weighted by Crippen LogP contribution is 1.78. The fraction of sp³-hybridized carbons (Fsp3) is 0.667. The average Bonchev–Trinajstić information content (AvgIpc) is 1.68. The highest BCUT2D eigenvalue weighted by atomic mass is 32.1. The number of nitrogens with zero attached hydrogens (tertiary/aromatic N) is 1. The largest absolute Gasteiger partial charge is 0.448 e. The Labute approximate surface area is 46.8 Å². The van der Waals surface area contributed by atoms with Gasteiger partial charge in [0.05, 0.1) is 6.61 Å². The standard InChI is InChI=1S/C3H5NO2S/c1-2-6-3(5)4-7/h2H2,1H3. The van der Waals surface area contributed by atoms with Crippen LogP contribution in [0.3, 0.4) is 0 Å². The van der Waals surface area contributed by atoms with Crippen molar-refractivity contribution >= 4 is 18.5 Å². The molecule has 0 aliphatic rings. The molecule has 0 bridgehead atoms. The molecule has 0 saturated carbocycles. The second-order valence-electron chi connectivity index (χ2n) is 0.790. The van der Waals surface area contributed by atoms with Crippen LogP contribution in [0.1, 0.15) is 6.92 Å². The van der Waals surface area contributed by atoms with Crippen molar-refractivity contribution in [2.24, 2.45) is 4.36 Å². The van der Waals surface area contributed by atoms with Gasteiger partial charge in [0.2, 0.25) is 0 Å². The molecule has 0 radical (unpaired) electrons. The first-order valence-corrected chi connectivity index (χ1v) is 2.18. The Morgan fingerprint density at radius 1 is 2.00 bits per heavy atom. The highest BCUT2D eigenvalue weighted by molar-refractivity contribution is 7.47. The van der Waals surface area contributed by atoms with Crippen molar-refractivity contribution in [1.82, 2.24) is 0 Å². The van der Waals surface area contributed by atoms with E-state index >= 15 is 0 Å². The van der Waals surface area contributed by atoms with Crippen LogP contribution in [0.2, 0.25) is 0 Å². The molecule has 0 N–H and O–H groups in total. The van der Waals surface area contributed by atoms with Gasteiger partial charge in [-0.15, -0.1) is 4.36 Å². The first-order chi connectivity index (χ1) is 3.31. The number of hydrogen-bond acceptors (Lipinski definition) is 3. The SMILES string of the molecule is CCOC(=O)N=S. The Balaban J connectivity index is 3.17. The van der Waals surface area contributed by atoms with Gasteiger partial charge in [-0.3, -0.25) is 0 Å². The van der Waals surface area contributed by atoms with E-state index in [0.29, 0.717) is 6.61 Å². The molecule has 0 aromatic rings. The molecule has 0 aliphatic carbocycles. The van der Waals surface area contributed by atoms with E-state index in [1.54, 1.807) is 6.92 Å². The molecule has 0 unspecified atom stereocenters. The normalized spacial score (nSPS) is 7.57. The summed E-state index contributed by atoms with van der Waals surface area (Å²) < 4.78 is 7.08. The third-order valence-electron chi connectivity index (χ3n) is 0.342. The van der Waals surface area contributed by atoms with E-state index in [0.717, 1.165) is 0 Å². The number of ether oxygens (including phenoxy) is 1. The van der Waals surface area contributed by atoms with Crippen LogP contribution in [0, 0.1) is 0 Å². The smallest absolute Gasteiger partial charge is 0.445 e. The average molecular weight is 119 g/mol. The molecule has 0 aromatic carbocycles. The number of carbonyl (C=O) groups is 1. The van der Waals surface area contributed by atoms with Crippen LogP contribution in [0.4, 0.5) is 4.79 Å². The lowest BCUT2D eigenvalue weighted by molar-refractivity contribution is 0.164. The van der Waals surface area contributed by atoms with Crippen molar-refractivity contribution in [3.63, 3.8) is 0 Å². The summed E-state index contributed by atoms with van der Waals surface area (Å²) in [5.74, 6) is 0. The van der Waals surface area contributed by atoms with Crippen LogP contribution in [-0.2, 0) is 17.2 Å². The molecule has 0 aliphatic heterocycles. The number of carbonyl (C=O) groups excluding carboxylic acids is 1. The van der Waals surface area contributed by atoms with Gasteiger partial charge in [-0.25, -0.2) is 4.79 Å². The summed E-state index contributed by atoms with van der Waals surface area (Å²) in [5, 5.41) is 0. The Bertz CT molecular complexity index is 83.0. The van der Waals surface area contributed by atoms with Gasteiger partial charge in [-0.05, 0) is 6.92 Å². The minimum Gasteiger partial charge on any atom is -0.448 e. The van der Waals surface area contributed by atoms with E-state index in [1.165, 1.54) is 0 Å². The zero-order chi connectivity index (χ0) is 5.70. The van der Waals surface area contributed by atoms with Crippen molar-refractivity contribution < 1.29 is 9.53 Å². The van der Waals surface area contributed by atoms with Gasteiger partial charge in [0.25, 0.3) is 0 Å². The second-order valence-corrected chi connectivity index (χ2v) is 0.973. The Morgan fingerprint density at radius 3 is 2.71 bits per heavy atom. The quantitative estimate of drug-likeness (QED) is 0.514. The molecule has 3 nitrogen and oxygen atoms in total. The molecule has 0 aromatic heterocycles. The topological polar surface area (TPSA) is 38.7 Å². The zero-order valence-electron chi connectivity index (χ0n) is 3.88. The van der Waals surface area contributed by atoms with E-state index in [1.807, 2.05) is 0 Å². The minimum atomic E-state index is -0.683. The molecular weight excluding hydrogens is 114 g/mol. The summed E-state index contributed by atoms with van der Waals surface area (Å²) in [5.41, 5.74) is 0. The molecule has 0 fully saturated rings. The van der Waals surface area contributed by atoms with Crippen LogP contribution in [0.25, 0.3) is 0 Å². The van der Waals surface area contributed by atoms with Crippen molar-refractivity contribution in [3.05, 3.63) is 0 Å². The predicted molar refractivity (Wildman–Crippen MR) is 26.8 cm³/mol. The monoisotopic (exact) mass is 119 g/mol. The Kier molecular flexibility index (Phi) is 3.40. The lowest BCUT2D eigenvalue weighted by atomic mass is 10.9.